The van der Waals surface area contributed by atoms with Gasteiger partial charge in [0, 0.05) is 6.54 Å². The number of aliphatic carboxylic acids is 1. The predicted octanol–water partition coefficient (Wildman–Crippen LogP) is 5.21. The maximum absolute atomic E-state index is 14.1. The van der Waals surface area contributed by atoms with Crippen molar-refractivity contribution in [2.24, 2.45) is 5.73 Å². The van der Waals surface area contributed by atoms with Crippen LogP contribution >= 0.6 is 0 Å². The predicted molar refractivity (Wildman–Crippen MR) is 161 cm³/mol. The fourth-order valence-corrected chi connectivity index (χ4v) is 6.03. The van der Waals surface area contributed by atoms with Crippen molar-refractivity contribution in [3.63, 3.8) is 0 Å². The fourth-order valence-electron chi connectivity index (χ4n) is 4.94. The quantitative estimate of drug-likeness (QED) is 0.225. The summed E-state index contributed by atoms with van der Waals surface area (Å²) in [5.74, 6) is -2.94. The number of nitrogens with two attached hydrogens (primary N) is 1. The van der Waals surface area contributed by atoms with Gasteiger partial charge in [-0.3, -0.25) is 14.4 Å². The van der Waals surface area contributed by atoms with Gasteiger partial charge in [0.1, 0.15) is 5.76 Å². The third-order valence-corrected chi connectivity index (χ3v) is 8.66. The second-order valence-corrected chi connectivity index (χ2v) is 12.1. The Kier molecular flexibility index (Phi) is 8.13. The highest BCUT2D eigenvalue weighted by atomic mass is 32.2. The lowest BCUT2D eigenvalue weighted by molar-refractivity contribution is -0.134. The molecular formula is C33H28N2O7S. The summed E-state index contributed by atoms with van der Waals surface area (Å²) in [6.45, 7) is 2.18. The van der Waals surface area contributed by atoms with Crippen LogP contribution in [0.2, 0.25) is 0 Å². The maximum atomic E-state index is 14.1. The molecular weight excluding hydrogens is 568 g/mol. The molecule has 0 saturated carbocycles. The number of primary amides is 1. The molecule has 0 unspecified atom stereocenters. The van der Waals surface area contributed by atoms with Crippen molar-refractivity contribution >= 4 is 38.4 Å². The van der Waals surface area contributed by atoms with Crippen LogP contribution in [0.25, 0.3) is 21.9 Å². The van der Waals surface area contributed by atoms with Crippen LogP contribution < -0.4 is 5.73 Å². The number of fused-ring (bicyclic) bond motifs is 1. The Morgan fingerprint density at radius 3 is 2.28 bits per heavy atom. The van der Waals surface area contributed by atoms with Crippen LogP contribution in [0.3, 0.4) is 0 Å². The Morgan fingerprint density at radius 2 is 1.58 bits per heavy atom. The molecule has 3 N–H and O–H groups in total. The number of furan rings is 1. The number of carboxylic acids is 1. The Hall–Kier alpha value is -5.22. The standard InChI is InChI=1S/C33H28N2O7S/c1-21-9-12-24-5-2-3-8-28(24)31(21)33(39)35(19-26-15-16-29(42-26)32(34)38)18-22-10-13-23(14-11-22)25-6-4-7-27(17-25)43(40,41)20-30(36)37/h2-17H,18-20H2,1H3,(H2,34,38)(H,36,37). The lowest BCUT2D eigenvalue weighted by Crippen LogP contribution is -2.30. The Bertz CT molecular complexity index is 1960. The van der Waals surface area contributed by atoms with Gasteiger partial charge in [-0.25, -0.2) is 8.42 Å². The number of carboxylic acid groups (broad SMARTS) is 1. The normalized spacial score (nSPS) is 11.4. The van der Waals surface area contributed by atoms with E-state index in [-0.39, 0.29) is 29.7 Å². The molecule has 4 aromatic carbocycles. The first-order chi connectivity index (χ1) is 20.5. The van der Waals surface area contributed by atoms with Crippen LogP contribution in [0.5, 0.6) is 0 Å². The zero-order valence-electron chi connectivity index (χ0n) is 23.2. The largest absolute Gasteiger partial charge is 0.480 e. The van der Waals surface area contributed by atoms with Crippen molar-refractivity contribution in [2.45, 2.75) is 24.9 Å². The van der Waals surface area contributed by atoms with Gasteiger partial charge in [-0.2, -0.15) is 0 Å². The summed E-state index contributed by atoms with van der Waals surface area (Å²) in [6, 6.07) is 28.0. The number of carbonyl (C=O) groups excluding carboxylic acids is 2. The van der Waals surface area contributed by atoms with E-state index < -0.39 is 27.5 Å². The molecule has 9 nitrogen and oxygen atoms in total. The molecule has 218 valence electrons. The van der Waals surface area contributed by atoms with Crippen molar-refractivity contribution < 1.29 is 32.3 Å². The molecule has 2 amide bonds. The van der Waals surface area contributed by atoms with Crippen LogP contribution in [0.1, 0.15) is 37.8 Å². The van der Waals surface area contributed by atoms with E-state index in [1.807, 2.05) is 67.6 Å². The van der Waals surface area contributed by atoms with E-state index in [1.54, 1.807) is 23.1 Å². The molecule has 0 aliphatic heterocycles. The van der Waals surface area contributed by atoms with Crippen LogP contribution in [0, 0.1) is 6.92 Å². The molecule has 0 atom stereocenters. The minimum Gasteiger partial charge on any atom is -0.480 e. The van der Waals surface area contributed by atoms with E-state index in [2.05, 4.69) is 0 Å². The van der Waals surface area contributed by atoms with E-state index in [9.17, 15) is 22.8 Å². The van der Waals surface area contributed by atoms with Crippen molar-refractivity contribution in [2.75, 3.05) is 5.75 Å². The molecule has 43 heavy (non-hydrogen) atoms. The van der Waals surface area contributed by atoms with Crippen molar-refractivity contribution in [1.29, 1.82) is 0 Å². The molecule has 0 fully saturated rings. The number of hydrogen-bond donors (Lipinski definition) is 2. The summed E-state index contributed by atoms with van der Waals surface area (Å²) >= 11 is 0. The highest BCUT2D eigenvalue weighted by Crippen LogP contribution is 2.27. The summed E-state index contributed by atoms with van der Waals surface area (Å²) in [5.41, 5.74) is 8.86. The molecule has 0 radical (unpaired) electrons. The Balaban J connectivity index is 1.46. The summed E-state index contributed by atoms with van der Waals surface area (Å²) in [7, 11) is -3.98. The fraction of sp³-hybridized carbons (Fsp3) is 0.121. The van der Waals surface area contributed by atoms with Gasteiger partial charge in [0.2, 0.25) is 0 Å². The van der Waals surface area contributed by atoms with E-state index in [1.165, 1.54) is 18.2 Å². The van der Waals surface area contributed by atoms with Crippen LogP contribution in [-0.4, -0.2) is 42.0 Å². The number of rotatable bonds is 10. The second kappa shape index (κ2) is 11.9. The SMILES string of the molecule is Cc1ccc2ccccc2c1C(=O)N(Cc1ccc(-c2cccc(S(=O)(=O)CC(=O)O)c2)cc1)Cc1ccc(C(N)=O)o1. The first-order valence-corrected chi connectivity index (χ1v) is 15.0. The van der Waals surface area contributed by atoms with E-state index in [4.69, 9.17) is 15.3 Å². The van der Waals surface area contributed by atoms with Crippen molar-refractivity contribution in [3.8, 4) is 11.1 Å². The molecule has 0 bridgehead atoms. The van der Waals surface area contributed by atoms with Crippen molar-refractivity contribution in [3.05, 3.63) is 125 Å². The zero-order chi connectivity index (χ0) is 30.7. The lowest BCUT2D eigenvalue weighted by Gasteiger charge is -2.24. The van der Waals surface area contributed by atoms with E-state index in [0.717, 1.165) is 27.5 Å². The summed E-state index contributed by atoms with van der Waals surface area (Å²) < 4.78 is 30.5. The van der Waals surface area contributed by atoms with E-state index >= 15 is 0 Å². The lowest BCUT2D eigenvalue weighted by atomic mass is 9.98. The average molecular weight is 597 g/mol. The number of amides is 2. The van der Waals surface area contributed by atoms with Gasteiger partial charge >= 0.3 is 5.97 Å². The van der Waals surface area contributed by atoms with Gasteiger partial charge in [-0.1, -0.05) is 72.8 Å². The molecule has 5 rings (SSSR count). The van der Waals surface area contributed by atoms with Gasteiger partial charge < -0.3 is 20.2 Å². The van der Waals surface area contributed by atoms with Crippen LogP contribution in [0.4, 0.5) is 0 Å². The van der Waals surface area contributed by atoms with Gasteiger partial charge in [-0.05, 0) is 64.2 Å². The highest BCUT2D eigenvalue weighted by molar-refractivity contribution is 7.92. The zero-order valence-corrected chi connectivity index (χ0v) is 24.0. The second-order valence-electron chi connectivity index (χ2n) is 10.1. The number of nitrogens with zero attached hydrogens (tertiary/aromatic N) is 1. The number of hydrogen-bond acceptors (Lipinski definition) is 6. The number of aryl methyl sites for hydroxylation is 1. The first-order valence-electron chi connectivity index (χ1n) is 13.3. The monoisotopic (exact) mass is 596 g/mol. The van der Waals surface area contributed by atoms with Gasteiger partial charge in [-0.15, -0.1) is 0 Å². The minimum absolute atomic E-state index is 0.000641. The molecule has 0 saturated heterocycles. The summed E-state index contributed by atoms with van der Waals surface area (Å²) in [5, 5.41) is 10.7. The third kappa shape index (κ3) is 6.49. The topological polar surface area (TPSA) is 148 Å². The van der Waals surface area contributed by atoms with Gasteiger partial charge in [0.15, 0.2) is 21.4 Å². The molecule has 5 aromatic rings. The van der Waals surface area contributed by atoms with E-state index in [0.29, 0.717) is 16.9 Å². The van der Waals surface area contributed by atoms with Crippen LogP contribution in [-0.2, 0) is 27.7 Å². The Labute approximate surface area is 248 Å². The molecule has 1 heterocycles. The summed E-state index contributed by atoms with van der Waals surface area (Å²) in [6.07, 6.45) is 0. The minimum atomic E-state index is -3.98. The number of carbonyl (C=O) groups is 3. The first kappa shape index (κ1) is 29.3. The third-order valence-electron chi connectivity index (χ3n) is 7.06. The Morgan fingerprint density at radius 1 is 0.837 bits per heavy atom. The molecule has 0 spiro atoms. The van der Waals surface area contributed by atoms with Gasteiger partial charge in [0.25, 0.3) is 11.8 Å². The van der Waals surface area contributed by atoms with Crippen LogP contribution in [0.15, 0.2) is 106 Å². The molecule has 10 heteroatoms. The molecule has 0 aliphatic rings. The van der Waals surface area contributed by atoms with Crippen molar-refractivity contribution in [1.82, 2.24) is 4.90 Å². The summed E-state index contributed by atoms with van der Waals surface area (Å²) in [4.78, 5) is 38.3. The molecule has 1 aromatic heterocycles. The highest BCUT2D eigenvalue weighted by Gasteiger charge is 2.23. The number of benzene rings is 4. The number of sulfone groups is 1. The average Bonchev–Trinajstić information content (AvgIpc) is 3.45. The maximum Gasteiger partial charge on any atom is 0.319 e. The smallest absolute Gasteiger partial charge is 0.319 e. The van der Waals surface area contributed by atoms with Gasteiger partial charge in [0.05, 0.1) is 17.0 Å². The molecule has 0 aliphatic carbocycles.